The van der Waals surface area contributed by atoms with E-state index in [1.54, 1.807) is 11.4 Å². The monoisotopic (exact) mass is 589 g/mol. The Bertz CT molecular complexity index is 1500. The Labute approximate surface area is 248 Å². The molecule has 1 aliphatic carbocycles. The number of hydrogen-bond acceptors (Lipinski definition) is 7. The van der Waals surface area contributed by atoms with Crippen molar-refractivity contribution in [3.05, 3.63) is 81.0 Å². The van der Waals surface area contributed by atoms with E-state index in [-0.39, 0.29) is 43.1 Å². The number of amidine groups is 1. The van der Waals surface area contributed by atoms with Gasteiger partial charge in [0.25, 0.3) is 5.91 Å². The van der Waals surface area contributed by atoms with Crippen LogP contribution in [-0.2, 0) is 19.1 Å². The van der Waals surface area contributed by atoms with E-state index < -0.39 is 17.7 Å². The van der Waals surface area contributed by atoms with Crippen molar-refractivity contribution >= 4 is 35.4 Å². The number of benzene rings is 2. The van der Waals surface area contributed by atoms with Crippen molar-refractivity contribution in [2.75, 3.05) is 19.8 Å². The molecule has 220 valence electrons. The Morgan fingerprint density at radius 2 is 1.86 bits per heavy atom. The molecule has 3 atom stereocenters. The van der Waals surface area contributed by atoms with E-state index in [1.165, 1.54) is 22.5 Å². The number of fused-ring (bicyclic) bond motifs is 3. The smallest absolute Gasteiger partial charge is 0.251 e. The molecule has 5 rings (SSSR count). The third-order valence-electron chi connectivity index (χ3n) is 7.92. The summed E-state index contributed by atoms with van der Waals surface area (Å²) in [5, 5.41) is 17.8. The number of nitrogen functional groups attached to an aromatic ring is 1. The number of ether oxygens (including phenoxy) is 2. The Morgan fingerprint density at radius 3 is 2.57 bits per heavy atom. The molecule has 1 aromatic heterocycles. The SMILES string of the molecule is CC1c2ccccc2-c2cc(C(=O)NCCC3(CC(NC=O)C(=O)N[C@H](C)c4cc(C(=N)N)cs4)OCCO3)ccc21. The van der Waals surface area contributed by atoms with Crippen LogP contribution in [0, 0.1) is 5.41 Å². The number of rotatable bonds is 12. The second kappa shape index (κ2) is 12.4. The van der Waals surface area contributed by atoms with Gasteiger partial charge in [0, 0.05) is 46.7 Å². The maximum atomic E-state index is 13.2. The minimum absolute atomic E-state index is 0.0443. The van der Waals surface area contributed by atoms with Crippen molar-refractivity contribution in [2.24, 2.45) is 5.73 Å². The highest BCUT2D eigenvalue weighted by atomic mass is 32.1. The van der Waals surface area contributed by atoms with E-state index in [4.69, 9.17) is 20.6 Å². The Morgan fingerprint density at radius 1 is 1.12 bits per heavy atom. The zero-order valence-electron chi connectivity index (χ0n) is 23.6. The molecule has 1 aliphatic heterocycles. The molecule has 11 heteroatoms. The summed E-state index contributed by atoms with van der Waals surface area (Å²) in [4.78, 5) is 38.5. The van der Waals surface area contributed by atoms with Crippen molar-refractivity contribution in [1.82, 2.24) is 16.0 Å². The fraction of sp³-hybridized carbons (Fsp3) is 0.355. The Hall–Kier alpha value is -4.06. The zero-order valence-corrected chi connectivity index (χ0v) is 24.4. The number of carbonyl (C=O) groups excluding carboxylic acids is 3. The normalized spacial score (nSPS) is 17.9. The van der Waals surface area contributed by atoms with Gasteiger partial charge in [-0.2, -0.15) is 0 Å². The first-order valence-corrected chi connectivity index (χ1v) is 14.8. The van der Waals surface area contributed by atoms with Crippen LogP contribution >= 0.6 is 11.3 Å². The van der Waals surface area contributed by atoms with Crippen molar-refractivity contribution in [1.29, 1.82) is 5.41 Å². The highest BCUT2D eigenvalue weighted by Gasteiger charge is 2.41. The van der Waals surface area contributed by atoms with Crippen LogP contribution < -0.4 is 21.7 Å². The molecule has 1 saturated heterocycles. The van der Waals surface area contributed by atoms with Gasteiger partial charge >= 0.3 is 0 Å². The average Bonchev–Trinajstić information content (AvgIpc) is 3.72. The van der Waals surface area contributed by atoms with Crippen LogP contribution in [-0.4, -0.2) is 55.6 Å². The van der Waals surface area contributed by atoms with Gasteiger partial charge in [0.05, 0.1) is 19.3 Å². The lowest BCUT2D eigenvalue weighted by Gasteiger charge is -2.31. The predicted octanol–water partition coefficient (Wildman–Crippen LogP) is 3.41. The lowest BCUT2D eigenvalue weighted by Crippen LogP contribution is -2.50. The molecule has 3 aromatic rings. The molecular formula is C31H35N5O5S. The molecule has 0 radical (unpaired) electrons. The van der Waals surface area contributed by atoms with E-state index in [0.717, 1.165) is 16.0 Å². The topological polar surface area (TPSA) is 156 Å². The quantitative estimate of drug-likeness (QED) is 0.124. The van der Waals surface area contributed by atoms with Gasteiger partial charge in [0.15, 0.2) is 5.79 Å². The summed E-state index contributed by atoms with van der Waals surface area (Å²) in [6.45, 7) is 4.91. The molecule has 2 heterocycles. The molecule has 3 amide bonds. The van der Waals surface area contributed by atoms with Gasteiger partial charge in [-0.05, 0) is 47.4 Å². The lowest BCUT2D eigenvalue weighted by atomic mass is 9.98. The number of nitrogens with one attached hydrogen (secondary N) is 4. The van der Waals surface area contributed by atoms with Gasteiger partial charge in [0.2, 0.25) is 12.3 Å². The predicted molar refractivity (Wildman–Crippen MR) is 160 cm³/mol. The first-order chi connectivity index (χ1) is 20.2. The van der Waals surface area contributed by atoms with Gasteiger partial charge in [0.1, 0.15) is 11.9 Å². The Balaban J connectivity index is 1.21. The van der Waals surface area contributed by atoms with Crippen LogP contribution in [0.3, 0.4) is 0 Å². The average molecular weight is 590 g/mol. The van der Waals surface area contributed by atoms with Gasteiger partial charge < -0.3 is 31.2 Å². The summed E-state index contributed by atoms with van der Waals surface area (Å²) in [6, 6.07) is 14.5. The van der Waals surface area contributed by atoms with Gasteiger partial charge in [-0.3, -0.25) is 19.8 Å². The van der Waals surface area contributed by atoms with E-state index in [1.807, 2.05) is 37.3 Å². The van der Waals surface area contributed by atoms with Crippen LogP contribution in [0.25, 0.3) is 11.1 Å². The minimum Gasteiger partial charge on any atom is -0.384 e. The highest BCUT2D eigenvalue weighted by Crippen LogP contribution is 2.44. The van der Waals surface area contributed by atoms with E-state index >= 15 is 0 Å². The first kappa shape index (κ1) is 29.4. The fourth-order valence-electron chi connectivity index (χ4n) is 5.65. The molecule has 10 nitrogen and oxygen atoms in total. The largest absolute Gasteiger partial charge is 0.384 e. The van der Waals surface area contributed by atoms with Gasteiger partial charge in [-0.15, -0.1) is 11.3 Å². The van der Waals surface area contributed by atoms with Crippen LogP contribution in [0.15, 0.2) is 53.9 Å². The number of carbonyl (C=O) groups is 3. The van der Waals surface area contributed by atoms with Crippen molar-refractivity contribution in [3.8, 4) is 11.1 Å². The first-order valence-electron chi connectivity index (χ1n) is 13.9. The molecule has 2 unspecified atom stereocenters. The second-order valence-electron chi connectivity index (χ2n) is 10.6. The zero-order chi connectivity index (χ0) is 29.9. The molecule has 1 fully saturated rings. The van der Waals surface area contributed by atoms with Crippen molar-refractivity contribution < 1.29 is 23.9 Å². The molecule has 42 heavy (non-hydrogen) atoms. The summed E-state index contributed by atoms with van der Waals surface area (Å²) in [5.74, 6) is -1.52. The standard InChI is InChI=1S/C31H35N5O5S/c1-18-22-5-3-4-6-24(22)25-13-20(7-8-23(18)25)29(38)34-10-9-31(40-11-12-41-31)15-26(35-17-37)30(39)36-19(2)27-14-21(16-42-27)28(32)33/h3-8,13-14,16-19,26H,9-12,15H2,1-2H3,(H3,32,33)(H,34,38)(H,35,37)(H,36,39)/t18?,19-,26?/m1/s1. The molecule has 0 bridgehead atoms. The maximum absolute atomic E-state index is 13.2. The van der Waals surface area contributed by atoms with Gasteiger partial charge in [-0.25, -0.2) is 0 Å². The second-order valence-corrected chi connectivity index (χ2v) is 11.6. The number of nitrogens with two attached hydrogens (primary N) is 1. The summed E-state index contributed by atoms with van der Waals surface area (Å²) in [5.41, 5.74) is 11.4. The number of amides is 3. The third kappa shape index (κ3) is 6.08. The van der Waals surface area contributed by atoms with Crippen molar-refractivity contribution in [3.63, 3.8) is 0 Å². The number of hydrogen-bond donors (Lipinski definition) is 5. The molecule has 0 spiro atoms. The van der Waals surface area contributed by atoms with Crippen LogP contribution in [0.5, 0.6) is 0 Å². The molecular weight excluding hydrogens is 554 g/mol. The molecule has 0 saturated carbocycles. The van der Waals surface area contributed by atoms with E-state index in [9.17, 15) is 14.4 Å². The lowest BCUT2D eigenvalue weighted by molar-refractivity contribution is -0.172. The van der Waals surface area contributed by atoms with Gasteiger partial charge in [-0.1, -0.05) is 37.3 Å². The minimum atomic E-state index is -1.15. The fourth-order valence-corrected chi connectivity index (χ4v) is 6.57. The third-order valence-corrected chi connectivity index (χ3v) is 9.04. The summed E-state index contributed by atoms with van der Waals surface area (Å²) < 4.78 is 11.9. The molecule has 2 aromatic carbocycles. The highest BCUT2D eigenvalue weighted by molar-refractivity contribution is 7.10. The summed E-state index contributed by atoms with van der Waals surface area (Å²) in [6.07, 6.45) is 0.832. The van der Waals surface area contributed by atoms with Crippen LogP contribution in [0.4, 0.5) is 0 Å². The summed E-state index contributed by atoms with van der Waals surface area (Å²) >= 11 is 1.39. The molecule has 2 aliphatic rings. The van der Waals surface area contributed by atoms with Crippen LogP contribution in [0.2, 0.25) is 0 Å². The Kier molecular flexibility index (Phi) is 8.72. The van der Waals surface area contributed by atoms with E-state index in [0.29, 0.717) is 30.8 Å². The van der Waals surface area contributed by atoms with Crippen LogP contribution in [0.1, 0.15) is 70.6 Å². The van der Waals surface area contributed by atoms with E-state index in [2.05, 4.69) is 35.0 Å². The van der Waals surface area contributed by atoms with Crippen molar-refractivity contribution in [2.45, 2.75) is 50.5 Å². The number of thiophene rings is 1. The summed E-state index contributed by atoms with van der Waals surface area (Å²) in [7, 11) is 0. The molecule has 6 N–H and O–H groups in total. The maximum Gasteiger partial charge on any atom is 0.251 e.